The van der Waals surface area contributed by atoms with E-state index >= 15 is 0 Å². The molecule has 2 N–H and O–H groups in total. The van der Waals surface area contributed by atoms with Gasteiger partial charge in [0.1, 0.15) is 5.75 Å². The molecular weight excluding hydrogens is 260 g/mol. The van der Waals surface area contributed by atoms with E-state index in [2.05, 4.69) is 0 Å². The molecule has 2 nitrogen and oxygen atoms in total. The second-order valence-corrected chi connectivity index (χ2v) is 4.79. The van der Waals surface area contributed by atoms with Gasteiger partial charge in [-0.15, -0.1) is 0 Å². The molecule has 1 unspecified atom stereocenters. The summed E-state index contributed by atoms with van der Waals surface area (Å²) in [6.45, 7) is 1.94. The first-order valence-corrected chi connectivity index (χ1v) is 6.35. The van der Waals surface area contributed by atoms with Crippen molar-refractivity contribution >= 4 is 0 Å². The van der Waals surface area contributed by atoms with E-state index in [1.54, 1.807) is 13.2 Å². The number of rotatable bonds is 4. The Balaban J connectivity index is 2.17. The van der Waals surface area contributed by atoms with E-state index in [4.69, 9.17) is 10.5 Å². The fourth-order valence-corrected chi connectivity index (χ4v) is 2.17. The van der Waals surface area contributed by atoms with Crippen LogP contribution in [-0.2, 0) is 6.42 Å². The van der Waals surface area contributed by atoms with Crippen molar-refractivity contribution in [3.05, 3.63) is 64.7 Å². The van der Waals surface area contributed by atoms with Gasteiger partial charge < -0.3 is 10.5 Å². The molecular formula is C16H17F2NO. The summed E-state index contributed by atoms with van der Waals surface area (Å²) in [5.41, 5.74) is 8.72. The molecule has 0 aliphatic heterocycles. The molecule has 0 saturated heterocycles. The minimum absolute atomic E-state index is 0.274. The number of methoxy groups -OCH3 is 1. The molecule has 2 rings (SSSR count). The molecule has 0 radical (unpaired) electrons. The largest absolute Gasteiger partial charge is 0.496 e. The van der Waals surface area contributed by atoms with Crippen molar-refractivity contribution < 1.29 is 13.5 Å². The van der Waals surface area contributed by atoms with E-state index in [0.717, 1.165) is 22.9 Å². The fraction of sp³-hybridized carbons (Fsp3) is 0.250. The van der Waals surface area contributed by atoms with Crippen LogP contribution in [-0.4, -0.2) is 7.11 Å². The van der Waals surface area contributed by atoms with Gasteiger partial charge in [-0.05, 0) is 48.2 Å². The standard InChI is InChI=1S/C16H17F2NO/c1-10-7-12(4-6-16(10)20-2)15(19)9-11-3-5-13(17)14(18)8-11/h3-8,15H,9,19H2,1-2H3. The monoisotopic (exact) mass is 277 g/mol. The van der Waals surface area contributed by atoms with Crippen molar-refractivity contribution in [1.82, 2.24) is 0 Å². The summed E-state index contributed by atoms with van der Waals surface area (Å²) >= 11 is 0. The Kier molecular flexibility index (Phi) is 4.35. The fourth-order valence-electron chi connectivity index (χ4n) is 2.17. The van der Waals surface area contributed by atoms with Gasteiger partial charge in [0.15, 0.2) is 11.6 Å². The molecule has 2 aromatic carbocycles. The number of ether oxygens (including phenoxy) is 1. The third kappa shape index (κ3) is 3.14. The van der Waals surface area contributed by atoms with Gasteiger partial charge >= 0.3 is 0 Å². The average molecular weight is 277 g/mol. The van der Waals surface area contributed by atoms with E-state index in [1.165, 1.54) is 6.07 Å². The zero-order valence-electron chi connectivity index (χ0n) is 11.5. The van der Waals surface area contributed by atoms with E-state index < -0.39 is 11.6 Å². The Labute approximate surface area is 117 Å². The van der Waals surface area contributed by atoms with Crippen LogP contribution in [0.25, 0.3) is 0 Å². The molecule has 106 valence electrons. The van der Waals surface area contributed by atoms with Crippen molar-refractivity contribution in [3.63, 3.8) is 0 Å². The maximum absolute atomic E-state index is 13.2. The maximum Gasteiger partial charge on any atom is 0.159 e. The second kappa shape index (κ2) is 6.01. The number of nitrogens with two attached hydrogens (primary N) is 1. The van der Waals surface area contributed by atoms with E-state index in [9.17, 15) is 8.78 Å². The predicted molar refractivity (Wildman–Crippen MR) is 74.7 cm³/mol. The van der Waals surface area contributed by atoms with Gasteiger partial charge in [-0.2, -0.15) is 0 Å². The van der Waals surface area contributed by atoms with Crippen LogP contribution in [0.2, 0.25) is 0 Å². The summed E-state index contributed by atoms with van der Waals surface area (Å²) in [4.78, 5) is 0. The third-order valence-corrected chi connectivity index (χ3v) is 3.29. The molecule has 20 heavy (non-hydrogen) atoms. The summed E-state index contributed by atoms with van der Waals surface area (Å²) in [6, 6.07) is 9.27. The first-order chi connectivity index (χ1) is 9.51. The molecule has 0 spiro atoms. The van der Waals surface area contributed by atoms with Gasteiger partial charge in [-0.25, -0.2) is 8.78 Å². The quantitative estimate of drug-likeness (QED) is 0.928. The molecule has 0 aliphatic rings. The maximum atomic E-state index is 13.2. The molecule has 0 heterocycles. The number of benzene rings is 2. The zero-order valence-corrected chi connectivity index (χ0v) is 11.5. The molecule has 4 heteroatoms. The summed E-state index contributed by atoms with van der Waals surface area (Å²) in [6.07, 6.45) is 0.447. The first-order valence-electron chi connectivity index (χ1n) is 6.35. The highest BCUT2D eigenvalue weighted by Gasteiger charge is 2.11. The van der Waals surface area contributed by atoms with Crippen molar-refractivity contribution in [2.24, 2.45) is 5.73 Å². The van der Waals surface area contributed by atoms with Crippen LogP contribution in [0.3, 0.4) is 0 Å². The summed E-state index contributed by atoms with van der Waals surface area (Å²) in [5.74, 6) is -0.892. The van der Waals surface area contributed by atoms with Crippen molar-refractivity contribution in [2.75, 3.05) is 7.11 Å². The van der Waals surface area contributed by atoms with Crippen LogP contribution in [0.15, 0.2) is 36.4 Å². The lowest BCUT2D eigenvalue weighted by Crippen LogP contribution is -2.13. The van der Waals surface area contributed by atoms with Gasteiger partial charge in [-0.3, -0.25) is 0 Å². The highest BCUT2D eigenvalue weighted by molar-refractivity contribution is 5.37. The van der Waals surface area contributed by atoms with Crippen LogP contribution < -0.4 is 10.5 Å². The van der Waals surface area contributed by atoms with Crippen LogP contribution >= 0.6 is 0 Å². The summed E-state index contributed by atoms with van der Waals surface area (Å²) in [7, 11) is 1.61. The lowest BCUT2D eigenvalue weighted by atomic mass is 9.98. The minimum Gasteiger partial charge on any atom is -0.496 e. The SMILES string of the molecule is COc1ccc(C(N)Cc2ccc(F)c(F)c2)cc1C. The van der Waals surface area contributed by atoms with Crippen LogP contribution in [0.5, 0.6) is 5.75 Å². The Hall–Kier alpha value is -1.94. The molecule has 0 amide bonds. The molecule has 2 aromatic rings. The lowest BCUT2D eigenvalue weighted by Gasteiger charge is -2.14. The predicted octanol–water partition coefficient (Wildman–Crippen LogP) is 3.52. The highest BCUT2D eigenvalue weighted by atomic mass is 19.2. The minimum atomic E-state index is -0.847. The van der Waals surface area contributed by atoms with E-state index in [1.807, 2.05) is 25.1 Å². The van der Waals surface area contributed by atoms with Gasteiger partial charge in [0, 0.05) is 6.04 Å². The van der Waals surface area contributed by atoms with Crippen molar-refractivity contribution in [1.29, 1.82) is 0 Å². The normalized spacial score (nSPS) is 12.2. The molecule has 0 bridgehead atoms. The molecule has 0 aromatic heterocycles. The Bertz CT molecular complexity index is 613. The van der Waals surface area contributed by atoms with Crippen molar-refractivity contribution in [3.8, 4) is 5.75 Å². The van der Waals surface area contributed by atoms with Crippen molar-refractivity contribution in [2.45, 2.75) is 19.4 Å². The van der Waals surface area contributed by atoms with Gasteiger partial charge in [0.25, 0.3) is 0 Å². The Morgan fingerprint density at radius 1 is 1.10 bits per heavy atom. The van der Waals surface area contributed by atoms with Gasteiger partial charge in [0.2, 0.25) is 0 Å². The number of aryl methyl sites for hydroxylation is 1. The third-order valence-electron chi connectivity index (χ3n) is 3.29. The van der Waals surface area contributed by atoms with Gasteiger partial charge in [0.05, 0.1) is 7.11 Å². The topological polar surface area (TPSA) is 35.2 Å². The van der Waals surface area contributed by atoms with E-state index in [0.29, 0.717) is 12.0 Å². The molecule has 1 atom stereocenters. The van der Waals surface area contributed by atoms with Crippen LogP contribution in [0.4, 0.5) is 8.78 Å². The number of hydrogen-bond donors (Lipinski definition) is 1. The van der Waals surface area contributed by atoms with E-state index in [-0.39, 0.29) is 6.04 Å². The Morgan fingerprint density at radius 2 is 1.85 bits per heavy atom. The summed E-state index contributed by atoms with van der Waals surface area (Å²) < 4.78 is 31.2. The number of hydrogen-bond acceptors (Lipinski definition) is 2. The zero-order chi connectivity index (χ0) is 14.7. The van der Waals surface area contributed by atoms with Crippen LogP contribution in [0.1, 0.15) is 22.7 Å². The second-order valence-electron chi connectivity index (χ2n) is 4.79. The molecule has 0 fully saturated rings. The molecule has 0 saturated carbocycles. The number of halogens is 2. The smallest absolute Gasteiger partial charge is 0.159 e. The average Bonchev–Trinajstić information content (AvgIpc) is 2.42. The Morgan fingerprint density at radius 3 is 2.45 bits per heavy atom. The highest BCUT2D eigenvalue weighted by Crippen LogP contribution is 2.23. The lowest BCUT2D eigenvalue weighted by molar-refractivity contribution is 0.411. The summed E-state index contributed by atoms with van der Waals surface area (Å²) in [5, 5.41) is 0. The first kappa shape index (κ1) is 14.5. The van der Waals surface area contributed by atoms with Gasteiger partial charge in [-0.1, -0.05) is 18.2 Å². The molecule has 0 aliphatic carbocycles. The van der Waals surface area contributed by atoms with Crippen LogP contribution in [0, 0.1) is 18.6 Å².